The molecule has 1 aliphatic rings. The number of alkyl halides is 2. The number of esters is 1. The third-order valence-corrected chi connectivity index (χ3v) is 7.45. The van der Waals surface area contributed by atoms with Gasteiger partial charge in [-0.05, 0) is 31.0 Å². The number of carbonyl (C=O) groups excluding carboxylic acids is 2. The normalized spacial score (nSPS) is 19.2. The number of aliphatic imine (C=N–C) groups is 1. The van der Waals surface area contributed by atoms with Crippen molar-refractivity contribution < 1.29 is 32.2 Å². The van der Waals surface area contributed by atoms with E-state index >= 15 is 0 Å². The predicted octanol–water partition coefficient (Wildman–Crippen LogP) is 4.40. The Balaban J connectivity index is 2.19. The van der Waals surface area contributed by atoms with Crippen molar-refractivity contribution in [3.63, 3.8) is 0 Å². The zero-order chi connectivity index (χ0) is 27.7. The third-order valence-electron chi connectivity index (χ3n) is 5.93. The highest BCUT2D eigenvalue weighted by molar-refractivity contribution is 9.10. The van der Waals surface area contributed by atoms with E-state index in [4.69, 9.17) is 15.2 Å². The van der Waals surface area contributed by atoms with Crippen molar-refractivity contribution in [1.82, 2.24) is 9.88 Å². The van der Waals surface area contributed by atoms with Crippen LogP contribution in [0.5, 0.6) is 0 Å². The molecule has 206 valence electrons. The summed E-state index contributed by atoms with van der Waals surface area (Å²) < 4.78 is 54.1. The first kappa shape index (κ1) is 29.9. The Hall–Kier alpha value is -2.61. The lowest BCUT2D eigenvalue weighted by atomic mass is 9.92. The van der Waals surface area contributed by atoms with Gasteiger partial charge in [0.15, 0.2) is 0 Å². The zero-order valence-electron chi connectivity index (χ0n) is 20.6. The van der Waals surface area contributed by atoms with Gasteiger partial charge in [0.25, 0.3) is 5.92 Å². The summed E-state index contributed by atoms with van der Waals surface area (Å²) in [6, 6.07) is 2.41. The van der Waals surface area contributed by atoms with Crippen LogP contribution in [0.1, 0.15) is 36.4 Å². The number of aromatic nitrogens is 1. The van der Waals surface area contributed by atoms with Crippen LogP contribution in [0.4, 0.5) is 13.2 Å². The number of hydrogen-bond donors (Lipinski definition) is 1. The Labute approximate surface area is 230 Å². The second-order valence-corrected chi connectivity index (χ2v) is 10.2. The predicted molar refractivity (Wildman–Crippen MR) is 142 cm³/mol. The van der Waals surface area contributed by atoms with Crippen LogP contribution < -0.4 is 5.73 Å². The first-order chi connectivity index (χ1) is 18.2. The molecule has 2 N–H and O–H groups in total. The molecule has 1 fully saturated rings. The zero-order valence-corrected chi connectivity index (χ0v) is 23.0. The molecule has 2 heterocycles. The summed E-state index contributed by atoms with van der Waals surface area (Å²) in [4.78, 5) is 34.4. The smallest absolute Gasteiger partial charge is 0.336 e. The van der Waals surface area contributed by atoms with Crippen LogP contribution in [0.15, 0.2) is 44.8 Å². The van der Waals surface area contributed by atoms with Crippen molar-refractivity contribution in [2.75, 3.05) is 32.9 Å². The van der Waals surface area contributed by atoms with Crippen molar-refractivity contribution in [2.45, 2.75) is 37.8 Å². The van der Waals surface area contributed by atoms with Crippen molar-refractivity contribution in [2.24, 2.45) is 10.7 Å². The average Bonchev–Trinajstić information content (AvgIpc) is 3.39. The molecular weight excluding hydrogens is 589 g/mol. The average molecular weight is 617 g/mol. The van der Waals surface area contributed by atoms with Crippen LogP contribution in [0.2, 0.25) is 0 Å². The van der Waals surface area contributed by atoms with Gasteiger partial charge in [0, 0.05) is 40.6 Å². The summed E-state index contributed by atoms with van der Waals surface area (Å²) in [6.45, 7) is 0.888. The molecule has 1 aliphatic heterocycles. The number of nitrogens with two attached hydrogens (primary N) is 1. The van der Waals surface area contributed by atoms with Crippen LogP contribution in [0, 0.1) is 5.82 Å². The summed E-state index contributed by atoms with van der Waals surface area (Å²) >= 11 is 4.55. The van der Waals surface area contributed by atoms with E-state index in [-0.39, 0.29) is 44.8 Å². The molecule has 0 saturated carbocycles. The first-order valence-corrected chi connectivity index (χ1v) is 13.5. The number of rotatable bonds is 12. The van der Waals surface area contributed by atoms with Gasteiger partial charge in [0.2, 0.25) is 0 Å². The van der Waals surface area contributed by atoms with Crippen molar-refractivity contribution in [1.29, 1.82) is 0 Å². The molecule has 0 amide bonds. The Morgan fingerprint density at radius 1 is 1.45 bits per heavy atom. The summed E-state index contributed by atoms with van der Waals surface area (Å²) in [5.74, 6) is -4.21. The largest absolute Gasteiger partial charge is 0.463 e. The molecule has 0 radical (unpaired) electrons. The number of likely N-dealkylation sites (tertiary alicyclic amines) is 1. The minimum atomic E-state index is -2.96. The van der Waals surface area contributed by atoms with E-state index in [1.165, 1.54) is 40.6 Å². The number of carbonyl (C=O) groups is 2. The summed E-state index contributed by atoms with van der Waals surface area (Å²) in [5, 5.41) is 2.10. The maximum Gasteiger partial charge on any atom is 0.336 e. The number of piperidine rings is 1. The van der Waals surface area contributed by atoms with Crippen molar-refractivity contribution >= 4 is 51.4 Å². The molecule has 38 heavy (non-hydrogen) atoms. The molecule has 2 aromatic rings. The molecule has 8 nitrogen and oxygen atoms in total. The standard InChI is InChI=1S/C25H28BrF3N4O4S/c1-2-37-24(35)21(22(32-15-30)18-4-3-16(27)11-20(18)26)19(23-31-7-10-38-23)12-33-14-25(28,29)6-5-17(33)13-36-9-8-34/h3-4,7-8,10-11,15,17,22H,2,5-6,9,12-14H2,1H3,(H2,30,32)/b21-19+/t17?,22-/m0/s1. The Morgan fingerprint density at radius 2 is 2.24 bits per heavy atom. The van der Waals surface area contributed by atoms with Gasteiger partial charge in [0.1, 0.15) is 29.8 Å². The van der Waals surface area contributed by atoms with Crippen LogP contribution in [-0.2, 0) is 19.1 Å². The lowest BCUT2D eigenvalue weighted by Gasteiger charge is -2.40. The molecule has 1 unspecified atom stereocenters. The van der Waals surface area contributed by atoms with E-state index in [9.17, 15) is 22.8 Å². The minimum Gasteiger partial charge on any atom is -0.463 e. The second kappa shape index (κ2) is 14.0. The van der Waals surface area contributed by atoms with Gasteiger partial charge in [-0.3, -0.25) is 9.89 Å². The first-order valence-electron chi connectivity index (χ1n) is 11.8. The van der Waals surface area contributed by atoms with Crippen LogP contribution >= 0.6 is 27.3 Å². The quantitative estimate of drug-likeness (QED) is 0.0940. The number of aldehydes is 1. The lowest BCUT2D eigenvalue weighted by Crippen LogP contribution is -2.51. The van der Waals surface area contributed by atoms with Gasteiger partial charge in [-0.25, -0.2) is 22.9 Å². The maximum absolute atomic E-state index is 14.6. The fourth-order valence-corrected chi connectivity index (χ4v) is 5.52. The molecule has 0 aliphatic carbocycles. The third kappa shape index (κ3) is 7.71. The highest BCUT2D eigenvalue weighted by Gasteiger charge is 2.41. The van der Waals surface area contributed by atoms with E-state index in [0.717, 1.165) is 6.34 Å². The van der Waals surface area contributed by atoms with Crippen molar-refractivity contribution in [3.8, 4) is 0 Å². The molecule has 0 spiro atoms. The number of nitrogens with zero attached hydrogens (tertiary/aromatic N) is 3. The van der Waals surface area contributed by atoms with E-state index < -0.39 is 36.3 Å². The van der Waals surface area contributed by atoms with E-state index in [2.05, 4.69) is 25.9 Å². The van der Waals surface area contributed by atoms with Crippen molar-refractivity contribution in [3.05, 3.63) is 56.2 Å². The molecule has 1 aromatic carbocycles. The van der Waals surface area contributed by atoms with Gasteiger partial charge in [-0.2, -0.15) is 0 Å². The maximum atomic E-state index is 14.6. The molecule has 1 saturated heterocycles. The lowest BCUT2D eigenvalue weighted by molar-refractivity contribution is -0.138. The van der Waals surface area contributed by atoms with Gasteiger partial charge < -0.3 is 20.0 Å². The topological polar surface area (TPSA) is 107 Å². The summed E-state index contributed by atoms with van der Waals surface area (Å²) in [7, 11) is 0. The highest BCUT2D eigenvalue weighted by Crippen LogP contribution is 2.39. The Bertz CT molecular complexity index is 1160. The molecule has 3 rings (SSSR count). The number of ether oxygens (including phenoxy) is 2. The van der Waals surface area contributed by atoms with E-state index in [1.807, 2.05) is 0 Å². The van der Waals surface area contributed by atoms with Crippen LogP contribution in [-0.4, -0.2) is 73.4 Å². The summed E-state index contributed by atoms with van der Waals surface area (Å²) in [6.07, 6.45) is 2.94. The van der Waals surface area contributed by atoms with Crippen LogP contribution in [0.25, 0.3) is 5.57 Å². The number of thiazole rings is 1. The second-order valence-electron chi connectivity index (χ2n) is 8.47. The number of hydrogen-bond acceptors (Lipinski definition) is 8. The number of benzene rings is 1. The molecular formula is C25H28BrF3N4O4S. The fraction of sp³-hybridized carbons (Fsp3) is 0.440. The van der Waals surface area contributed by atoms with E-state index in [1.54, 1.807) is 12.3 Å². The number of halogens is 4. The van der Waals surface area contributed by atoms with Gasteiger partial charge in [-0.1, -0.05) is 22.0 Å². The van der Waals surface area contributed by atoms with Gasteiger partial charge in [-0.15, -0.1) is 11.3 Å². The Kier molecular flexibility index (Phi) is 11.0. The SMILES string of the molecule is CCOC(=O)/C(=C(\CN1CC(F)(F)CCC1COCC=O)c1nccs1)[C@@H](N=CN)c1ccc(F)cc1Br. The molecule has 2 atom stereocenters. The van der Waals surface area contributed by atoms with Gasteiger partial charge >= 0.3 is 5.97 Å². The fourth-order valence-electron chi connectivity index (χ4n) is 4.26. The minimum absolute atomic E-state index is 0.0391. The van der Waals surface area contributed by atoms with Gasteiger partial charge in [0.05, 0.1) is 31.7 Å². The molecule has 0 bridgehead atoms. The monoisotopic (exact) mass is 616 g/mol. The van der Waals surface area contributed by atoms with Crippen LogP contribution in [0.3, 0.4) is 0 Å². The Morgan fingerprint density at radius 3 is 2.87 bits per heavy atom. The summed E-state index contributed by atoms with van der Waals surface area (Å²) in [5.41, 5.74) is 6.44. The molecule has 1 aromatic heterocycles. The van der Waals surface area contributed by atoms with E-state index in [0.29, 0.717) is 26.9 Å². The highest BCUT2D eigenvalue weighted by atomic mass is 79.9. The molecule has 13 heteroatoms.